The second kappa shape index (κ2) is 6.31. The first kappa shape index (κ1) is 15.1. The standard InChI is InChI=1S/C11H21N3O3S/c1-5-10-12-6-11(13-10)18(15,16)14-9(7-17-4)8(2)3/h6,8-9,14H,5,7H2,1-4H3,(H,12,13). The van der Waals surface area contributed by atoms with Crippen LogP contribution >= 0.6 is 0 Å². The van der Waals surface area contributed by atoms with Crippen molar-refractivity contribution in [3.05, 3.63) is 12.0 Å². The van der Waals surface area contributed by atoms with Gasteiger partial charge in [0.1, 0.15) is 5.82 Å². The lowest BCUT2D eigenvalue weighted by molar-refractivity contribution is 0.157. The molecule has 0 saturated carbocycles. The summed E-state index contributed by atoms with van der Waals surface area (Å²) in [4.78, 5) is 6.78. The van der Waals surface area contributed by atoms with E-state index in [1.165, 1.54) is 6.20 Å². The molecule has 1 atom stereocenters. The van der Waals surface area contributed by atoms with Gasteiger partial charge in [0.25, 0.3) is 10.0 Å². The molecule has 7 heteroatoms. The number of hydrogen-bond acceptors (Lipinski definition) is 4. The zero-order valence-electron chi connectivity index (χ0n) is 11.2. The fourth-order valence-electron chi connectivity index (χ4n) is 1.46. The third-order valence-corrected chi connectivity index (χ3v) is 4.09. The summed E-state index contributed by atoms with van der Waals surface area (Å²) in [5.41, 5.74) is 0. The molecule has 1 rings (SSSR count). The number of nitrogens with zero attached hydrogens (tertiary/aromatic N) is 1. The van der Waals surface area contributed by atoms with Crippen LogP contribution in [0.4, 0.5) is 0 Å². The Balaban J connectivity index is 2.86. The number of H-pyrrole nitrogens is 1. The average Bonchev–Trinajstić information content (AvgIpc) is 2.77. The quantitative estimate of drug-likeness (QED) is 0.775. The van der Waals surface area contributed by atoms with Crippen molar-refractivity contribution in [2.24, 2.45) is 5.92 Å². The molecule has 0 fully saturated rings. The molecule has 1 heterocycles. The van der Waals surface area contributed by atoms with Gasteiger partial charge in [-0.3, -0.25) is 0 Å². The highest BCUT2D eigenvalue weighted by molar-refractivity contribution is 7.89. The van der Waals surface area contributed by atoms with Gasteiger partial charge in [-0.1, -0.05) is 20.8 Å². The van der Waals surface area contributed by atoms with Crippen LogP contribution in [-0.2, 0) is 21.2 Å². The Morgan fingerprint density at radius 3 is 2.61 bits per heavy atom. The Bertz CT molecular complexity index is 468. The zero-order chi connectivity index (χ0) is 13.8. The number of methoxy groups -OCH3 is 1. The summed E-state index contributed by atoms with van der Waals surface area (Å²) in [7, 11) is -2.01. The summed E-state index contributed by atoms with van der Waals surface area (Å²) in [6.45, 7) is 6.13. The van der Waals surface area contributed by atoms with E-state index in [0.717, 1.165) is 0 Å². The van der Waals surface area contributed by atoms with E-state index >= 15 is 0 Å². The summed E-state index contributed by atoms with van der Waals surface area (Å²) in [5.74, 6) is 0.802. The summed E-state index contributed by atoms with van der Waals surface area (Å²) < 4.78 is 31.9. The highest BCUT2D eigenvalue weighted by Gasteiger charge is 2.23. The molecule has 0 saturated heterocycles. The van der Waals surface area contributed by atoms with Crippen molar-refractivity contribution in [3.8, 4) is 0 Å². The van der Waals surface area contributed by atoms with Crippen LogP contribution in [0.2, 0.25) is 0 Å². The lowest BCUT2D eigenvalue weighted by atomic mass is 10.1. The molecule has 6 nitrogen and oxygen atoms in total. The Morgan fingerprint density at radius 1 is 1.50 bits per heavy atom. The van der Waals surface area contributed by atoms with E-state index in [1.807, 2.05) is 20.8 Å². The van der Waals surface area contributed by atoms with Crippen LogP contribution in [-0.4, -0.2) is 38.1 Å². The molecule has 0 spiro atoms. The van der Waals surface area contributed by atoms with Crippen molar-refractivity contribution in [1.29, 1.82) is 0 Å². The van der Waals surface area contributed by atoms with Gasteiger partial charge in [-0.15, -0.1) is 0 Å². The first-order valence-corrected chi connectivity index (χ1v) is 7.44. The predicted molar refractivity (Wildman–Crippen MR) is 68.8 cm³/mol. The van der Waals surface area contributed by atoms with Crippen molar-refractivity contribution in [2.75, 3.05) is 13.7 Å². The predicted octanol–water partition coefficient (Wildman–Crippen LogP) is 0.921. The molecule has 0 aromatic carbocycles. The number of aromatic nitrogens is 2. The monoisotopic (exact) mass is 275 g/mol. The van der Waals surface area contributed by atoms with Gasteiger partial charge in [-0.05, 0) is 5.92 Å². The van der Waals surface area contributed by atoms with Crippen LogP contribution in [0, 0.1) is 5.92 Å². The van der Waals surface area contributed by atoms with Crippen molar-refractivity contribution >= 4 is 10.0 Å². The maximum atomic E-state index is 12.1. The topological polar surface area (TPSA) is 84.1 Å². The molecule has 1 unspecified atom stereocenters. The first-order valence-electron chi connectivity index (χ1n) is 5.95. The van der Waals surface area contributed by atoms with E-state index in [9.17, 15) is 8.42 Å². The summed E-state index contributed by atoms with van der Waals surface area (Å²) in [6.07, 6.45) is 2.01. The molecule has 0 aliphatic carbocycles. The molecule has 18 heavy (non-hydrogen) atoms. The van der Waals surface area contributed by atoms with E-state index < -0.39 is 10.0 Å². The van der Waals surface area contributed by atoms with Crippen LogP contribution in [0.5, 0.6) is 0 Å². The Hall–Kier alpha value is -0.920. The Labute approximate surface area is 108 Å². The number of rotatable bonds is 7. The highest BCUT2D eigenvalue weighted by atomic mass is 32.2. The van der Waals surface area contributed by atoms with Crippen LogP contribution in [0.3, 0.4) is 0 Å². The number of imidazole rings is 1. The summed E-state index contributed by atoms with van der Waals surface area (Å²) in [5, 5.41) is 0.0982. The van der Waals surface area contributed by atoms with E-state index in [-0.39, 0.29) is 17.0 Å². The molecular formula is C11H21N3O3S. The van der Waals surface area contributed by atoms with Gasteiger partial charge in [0.2, 0.25) is 0 Å². The molecule has 0 aliphatic heterocycles. The molecule has 0 aliphatic rings. The third kappa shape index (κ3) is 3.79. The number of aryl methyl sites for hydroxylation is 1. The number of sulfonamides is 1. The van der Waals surface area contributed by atoms with Gasteiger partial charge in [0.15, 0.2) is 5.03 Å². The van der Waals surface area contributed by atoms with Gasteiger partial charge in [0.05, 0.1) is 12.8 Å². The van der Waals surface area contributed by atoms with E-state index in [4.69, 9.17) is 4.74 Å². The second-order valence-electron chi connectivity index (χ2n) is 4.47. The molecule has 104 valence electrons. The molecule has 0 radical (unpaired) electrons. The third-order valence-electron chi connectivity index (χ3n) is 2.69. The number of nitrogens with one attached hydrogen (secondary N) is 2. The van der Waals surface area contributed by atoms with Crippen LogP contribution < -0.4 is 4.72 Å². The maximum absolute atomic E-state index is 12.1. The molecule has 1 aromatic heterocycles. The van der Waals surface area contributed by atoms with Gasteiger partial charge < -0.3 is 9.72 Å². The number of hydrogen-bond donors (Lipinski definition) is 2. The molecule has 2 N–H and O–H groups in total. The Kier molecular flexibility index (Phi) is 5.30. The minimum absolute atomic E-state index is 0.0982. The van der Waals surface area contributed by atoms with Crippen molar-refractivity contribution in [1.82, 2.24) is 14.7 Å². The zero-order valence-corrected chi connectivity index (χ0v) is 12.0. The normalized spacial score (nSPS) is 14.1. The average molecular weight is 275 g/mol. The smallest absolute Gasteiger partial charge is 0.257 e. The van der Waals surface area contributed by atoms with Crippen LogP contribution in [0.1, 0.15) is 26.6 Å². The number of aromatic amines is 1. The fourth-order valence-corrected chi connectivity index (χ4v) is 2.77. The first-order chi connectivity index (χ1) is 8.40. The van der Waals surface area contributed by atoms with Gasteiger partial charge in [-0.25, -0.2) is 18.1 Å². The molecule has 0 amide bonds. The summed E-state index contributed by atoms with van der Waals surface area (Å²) in [6, 6.07) is -0.256. The molecule has 1 aromatic rings. The van der Waals surface area contributed by atoms with Gasteiger partial charge in [-0.2, -0.15) is 0 Å². The highest BCUT2D eigenvalue weighted by Crippen LogP contribution is 2.10. The van der Waals surface area contributed by atoms with Crippen LogP contribution in [0.15, 0.2) is 11.2 Å². The minimum atomic E-state index is -3.56. The van der Waals surface area contributed by atoms with Crippen LogP contribution in [0.25, 0.3) is 0 Å². The van der Waals surface area contributed by atoms with Gasteiger partial charge in [0, 0.05) is 19.6 Å². The lowest BCUT2D eigenvalue weighted by Crippen LogP contribution is -2.41. The Morgan fingerprint density at radius 2 is 2.17 bits per heavy atom. The molecular weight excluding hydrogens is 254 g/mol. The van der Waals surface area contributed by atoms with Crippen molar-refractivity contribution < 1.29 is 13.2 Å². The van der Waals surface area contributed by atoms with Gasteiger partial charge >= 0.3 is 0 Å². The van der Waals surface area contributed by atoms with E-state index in [2.05, 4.69) is 14.7 Å². The van der Waals surface area contributed by atoms with Crippen molar-refractivity contribution in [3.63, 3.8) is 0 Å². The fraction of sp³-hybridized carbons (Fsp3) is 0.727. The van der Waals surface area contributed by atoms with Crippen molar-refractivity contribution in [2.45, 2.75) is 38.3 Å². The largest absolute Gasteiger partial charge is 0.383 e. The lowest BCUT2D eigenvalue weighted by Gasteiger charge is -2.20. The van der Waals surface area contributed by atoms with E-state index in [0.29, 0.717) is 18.9 Å². The molecule has 0 bridgehead atoms. The SMILES string of the molecule is CCc1ncc(S(=O)(=O)NC(COC)C(C)C)[nH]1. The maximum Gasteiger partial charge on any atom is 0.257 e. The summed E-state index contributed by atoms with van der Waals surface area (Å²) >= 11 is 0. The second-order valence-corrected chi connectivity index (χ2v) is 6.16. The number of ether oxygens (including phenoxy) is 1. The van der Waals surface area contributed by atoms with E-state index in [1.54, 1.807) is 7.11 Å². The minimum Gasteiger partial charge on any atom is -0.383 e.